The molecule has 0 bridgehead atoms. The molecular weight excluding hydrogens is 310 g/mol. The number of nitrogens with one attached hydrogen (secondary N) is 2. The van der Waals surface area contributed by atoms with E-state index in [-0.39, 0.29) is 5.91 Å². The highest BCUT2D eigenvalue weighted by Crippen LogP contribution is 2.23. The largest absolute Gasteiger partial charge is 0.366 e. The average Bonchev–Trinajstić information content (AvgIpc) is 3.18. The molecule has 23 heavy (non-hydrogen) atoms. The summed E-state index contributed by atoms with van der Waals surface area (Å²) in [4.78, 5) is 26.0. The predicted molar refractivity (Wildman–Crippen MR) is 90.6 cm³/mol. The molecule has 1 aliphatic heterocycles. The zero-order valence-corrected chi connectivity index (χ0v) is 13.6. The van der Waals surface area contributed by atoms with Gasteiger partial charge in [-0.15, -0.1) is 11.3 Å². The van der Waals surface area contributed by atoms with E-state index in [1.165, 1.54) is 9.78 Å². The van der Waals surface area contributed by atoms with Gasteiger partial charge in [0.2, 0.25) is 5.91 Å². The van der Waals surface area contributed by atoms with Gasteiger partial charge >= 0.3 is 0 Å². The molecule has 2 amide bonds. The number of amides is 2. The van der Waals surface area contributed by atoms with Crippen LogP contribution in [0.15, 0.2) is 41.8 Å². The van der Waals surface area contributed by atoms with Gasteiger partial charge in [0.25, 0.3) is 5.91 Å². The first-order valence-corrected chi connectivity index (χ1v) is 8.59. The molecule has 0 radical (unpaired) electrons. The number of carbonyl (C=O) groups excluding carboxylic acids is 2. The van der Waals surface area contributed by atoms with Crippen LogP contribution in [0.25, 0.3) is 0 Å². The molecule has 1 aliphatic rings. The Labute approximate surface area is 139 Å². The zero-order valence-electron chi connectivity index (χ0n) is 12.7. The van der Waals surface area contributed by atoms with E-state index >= 15 is 0 Å². The number of hydrogen-bond acceptors (Lipinski definition) is 3. The molecule has 0 spiro atoms. The molecule has 2 atom stereocenters. The summed E-state index contributed by atoms with van der Waals surface area (Å²) in [7, 11) is 0. The van der Waals surface area contributed by atoms with E-state index in [9.17, 15) is 9.59 Å². The van der Waals surface area contributed by atoms with Crippen molar-refractivity contribution in [3.8, 4) is 0 Å². The fraction of sp³-hybridized carbons (Fsp3) is 0.294. The quantitative estimate of drug-likeness (QED) is 0.770. The first kappa shape index (κ1) is 15.7. The second-order valence-corrected chi connectivity index (χ2v) is 6.76. The highest BCUT2D eigenvalue weighted by molar-refractivity contribution is 7.10. The molecule has 6 heteroatoms. The average molecular weight is 330 g/mol. The molecule has 2 aromatic rings. The van der Waals surface area contributed by atoms with Gasteiger partial charge in [-0.3, -0.25) is 9.59 Å². The third-order valence-electron chi connectivity index (χ3n) is 4.21. The van der Waals surface area contributed by atoms with Gasteiger partial charge in [0, 0.05) is 24.1 Å². The Kier molecular flexibility index (Phi) is 4.73. The van der Waals surface area contributed by atoms with Gasteiger partial charge in [0.15, 0.2) is 6.54 Å². The van der Waals surface area contributed by atoms with E-state index in [2.05, 4.69) is 22.8 Å². The molecule has 2 heterocycles. The topological polar surface area (TPSA) is 76.6 Å². The number of thiophene rings is 1. The predicted octanol–water partition coefficient (Wildman–Crippen LogP) is 1.21. The van der Waals surface area contributed by atoms with Crippen LogP contribution < -0.4 is 16.0 Å². The van der Waals surface area contributed by atoms with Crippen molar-refractivity contribution in [1.29, 1.82) is 0 Å². The number of carbonyl (C=O) groups is 2. The van der Waals surface area contributed by atoms with Crippen molar-refractivity contribution in [3.05, 3.63) is 52.2 Å². The maximum absolute atomic E-state index is 12.3. The van der Waals surface area contributed by atoms with Crippen LogP contribution in [0.1, 0.15) is 34.1 Å². The lowest BCUT2D eigenvalue weighted by Crippen LogP contribution is -3.11. The van der Waals surface area contributed by atoms with Crippen molar-refractivity contribution in [2.24, 2.45) is 5.73 Å². The van der Waals surface area contributed by atoms with Crippen LogP contribution in [-0.4, -0.2) is 24.9 Å². The van der Waals surface area contributed by atoms with Gasteiger partial charge < -0.3 is 16.0 Å². The number of nitrogens with two attached hydrogens (primary N) is 1. The van der Waals surface area contributed by atoms with Crippen LogP contribution in [0.3, 0.4) is 0 Å². The summed E-state index contributed by atoms with van der Waals surface area (Å²) in [5.74, 6) is -0.474. The Morgan fingerprint density at radius 3 is 2.70 bits per heavy atom. The molecule has 1 fully saturated rings. The van der Waals surface area contributed by atoms with Gasteiger partial charge in [-0.1, -0.05) is 6.07 Å². The number of anilines is 1. The highest BCUT2D eigenvalue weighted by atomic mass is 32.1. The lowest BCUT2D eigenvalue weighted by Gasteiger charge is -2.20. The van der Waals surface area contributed by atoms with Crippen LogP contribution >= 0.6 is 11.3 Å². The molecule has 0 saturated carbocycles. The van der Waals surface area contributed by atoms with Crippen molar-refractivity contribution in [1.82, 2.24) is 0 Å². The summed E-state index contributed by atoms with van der Waals surface area (Å²) in [6.45, 7) is 1.48. The van der Waals surface area contributed by atoms with E-state index in [0.29, 0.717) is 23.8 Å². The van der Waals surface area contributed by atoms with Gasteiger partial charge in [0.05, 0.1) is 11.4 Å². The fourth-order valence-corrected chi connectivity index (χ4v) is 4.01. The normalized spacial score (nSPS) is 20.3. The molecule has 5 nitrogen and oxygen atoms in total. The molecule has 1 unspecified atom stereocenters. The maximum Gasteiger partial charge on any atom is 0.279 e. The third kappa shape index (κ3) is 3.78. The van der Waals surface area contributed by atoms with Crippen LogP contribution in [0.4, 0.5) is 5.69 Å². The number of likely N-dealkylation sites (tertiary alicyclic amines) is 1. The Balaban J connectivity index is 1.59. The molecule has 0 aliphatic carbocycles. The molecule has 4 N–H and O–H groups in total. The van der Waals surface area contributed by atoms with Crippen LogP contribution in [-0.2, 0) is 4.79 Å². The summed E-state index contributed by atoms with van der Waals surface area (Å²) in [5, 5.41) is 4.98. The van der Waals surface area contributed by atoms with Crippen molar-refractivity contribution in [2.75, 3.05) is 18.4 Å². The van der Waals surface area contributed by atoms with Crippen molar-refractivity contribution in [2.45, 2.75) is 18.9 Å². The summed E-state index contributed by atoms with van der Waals surface area (Å²) in [5.41, 5.74) is 6.33. The molecule has 1 saturated heterocycles. The van der Waals surface area contributed by atoms with Crippen molar-refractivity contribution in [3.63, 3.8) is 0 Å². The summed E-state index contributed by atoms with van der Waals surface area (Å²) < 4.78 is 0. The minimum absolute atomic E-state index is 0.00437. The smallest absolute Gasteiger partial charge is 0.279 e. The lowest BCUT2D eigenvalue weighted by molar-refractivity contribution is -0.910. The first-order chi connectivity index (χ1) is 11.1. The first-order valence-electron chi connectivity index (χ1n) is 7.71. The minimum atomic E-state index is -0.469. The molecular formula is C17H20N3O2S+. The maximum atomic E-state index is 12.3. The minimum Gasteiger partial charge on any atom is -0.366 e. The van der Waals surface area contributed by atoms with E-state index in [4.69, 9.17) is 5.73 Å². The standard InChI is InChI=1S/C17H19N3O2S/c18-17(22)12-5-7-13(8-6-12)19-16(21)11-20-9-1-3-14(20)15-4-2-10-23-15/h2,4-8,10,14H,1,3,9,11H2,(H2,18,22)(H,19,21)/p+1/t14-/m0/s1. The van der Waals surface area contributed by atoms with Gasteiger partial charge in [-0.05, 0) is 35.7 Å². The third-order valence-corrected chi connectivity index (χ3v) is 5.20. The van der Waals surface area contributed by atoms with Crippen LogP contribution in [0, 0.1) is 0 Å². The monoisotopic (exact) mass is 330 g/mol. The SMILES string of the molecule is NC(=O)c1ccc(NC(=O)C[NH+]2CCC[C@H]2c2cccs2)cc1. The van der Waals surface area contributed by atoms with Crippen LogP contribution in [0.2, 0.25) is 0 Å². The Bertz CT molecular complexity index is 682. The molecule has 3 rings (SSSR count). The van der Waals surface area contributed by atoms with E-state index in [0.717, 1.165) is 19.4 Å². The molecule has 120 valence electrons. The highest BCUT2D eigenvalue weighted by Gasteiger charge is 2.32. The summed E-state index contributed by atoms with van der Waals surface area (Å²) in [6, 6.07) is 11.3. The van der Waals surface area contributed by atoms with E-state index in [1.807, 2.05) is 0 Å². The van der Waals surface area contributed by atoms with Gasteiger partial charge in [0.1, 0.15) is 6.04 Å². The zero-order chi connectivity index (χ0) is 16.2. The van der Waals surface area contributed by atoms with E-state index in [1.54, 1.807) is 35.6 Å². The van der Waals surface area contributed by atoms with Gasteiger partial charge in [-0.25, -0.2) is 0 Å². The molecule has 1 aromatic carbocycles. The number of primary amides is 1. The second kappa shape index (κ2) is 6.93. The summed E-state index contributed by atoms with van der Waals surface area (Å²) >= 11 is 1.76. The van der Waals surface area contributed by atoms with E-state index < -0.39 is 5.91 Å². The van der Waals surface area contributed by atoms with Crippen LogP contribution in [0.5, 0.6) is 0 Å². The number of hydrogen-bond donors (Lipinski definition) is 3. The Hall–Kier alpha value is -2.18. The number of benzene rings is 1. The lowest BCUT2D eigenvalue weighted by atomic mass is 10.2. The van der Waals surface area contributed by atoms with Crippen molar-refractivity contribution >= 4 is 28.8 Å². The number of quaternary nitrogens is 1. The second-order valence-electron chi connectivity index (χ2n) is 5.79. The fourth-order valence-electron chi connectivity index (χ4n) is 3.09. The Morgan fingerprint density at radius 2 is 2.04 bits per heavy atom. The van der Waals surface area contributed by atoms with Gasteiger partial charge in [-0.2, -0.15) is 0 Å². The number of rotatable bonds is 5. The summed E-state index contributed by atoms with van der Waals surface area (Å²) in [6.07, 6.45) is 2.29. The molecule has 1 aromatic heterocycles. The van der Waals surface area contributed by atoms with Crippen molar-refractivity contribution < 1.29 is 14.5 Å². The Morgan fingerprint density at radius 1 is 1.26 bits per heavy atom.